The topological polar surface area (TPSA) is 32.3 Å². The Hall–Kier alpha value is -1.84. The Morgan fingerprint density at radius 2 is 1.15 bits per heavy atom. The highest BCUT2D eigenvalue weighted by molar-refractivity contribution is 8.02. The fraction of sp³-hybridized carbons (Fsp3) is 0.182. The fourth-order valence-corrected chi connectivity index (χ4v) is 10.7. The summed E-state index contributed by atoms with van der Waals surface area (Å²) in [6, 6.07) is 31.6. The molecule has 0 spiro atoms. The first-order valence-corrected chi connectivity index (χ1v) is 11.9. The van der Waals surface area contributed by atoms with Crippen molar-refractivity contribution in [2.75, 3.05) is 6.54 Å². The van der Waals surface area contributed by atoms with E-state index in [1.54, 1.807) is 0 Å². The van der Waals surface area contributed by atoms with Crippen molar-refractivity contribution in [3.8, 4) is 0 Å². The number of nitrogens with zero attached hydrogens (tertiary/aromatic N) is 1. The summed E-state index contributed by atoms with van der Waals surface area (Å²) in [4.78, 5) is 0. The summed E-state index contributed by atoms with van der Waals surface area (Å²) in [5, 5.41) is 3.65. The van der Waals surface area contributed by atoms with E-state index in [0.717, 1.165) is 0 Å². The van der Waals surface area contributed by atoms with Crippen LogP contribution in [0.25, 0.3) is 0 Å². The normalized spacial score (nSPS) is 19.9. The summed E-state index contributed by atoms with van der Waals surface area (Å²) in [6.07, 6.45) is 0. The molecule has 0 radical (unpaired) electrons. The van der Waals surface area contributed by atoms with Gasteiger partial charge in [-0.2, -0.15) is 0 Å². The van der Waals surface area contributed by atoms with E-state index in [-0.39, 0.29) is 5.54 Å². The molecular formula is C22H24N2OPS+. The lowest BCUT2D eigenvalue weighted by molar-refractivity contribution is 0.470. The number of hydrogen-bond donors (Lipinski definition) is 1. The van der Waals surface area contributed by atoms with Crippen molar-refractivity contribution in [2.24, 2.45) is 0 Å². The molecule has 27 heavy (non-hydrogen) atoms. The monoisotopic (exact) mass is 395 g/mol. The Balaban J connectivity index is 2.06. The van der Waals surface area contributed by atoms with Crippen molar-refractivity contribution >= 4 is 34.5 Å². The highest BCUT2D eigenvalue weighted by Gasteiger charge is 2.58. The molecule has 1 aliphatic heterocycles. The third kappa shape index (κ3) is 3.28. The van der Waals surface area contributed by atoms with Crippen molar-refractivity contribution in [3.05, 3.63) is 91.0 Å². The molecular weight excluding hydrogens is 371 g/mol. The maximum Gasteiger partial charge on any atom is 0.204 e. The van der Waals surface area contributed by atoms with Crippen LogP contribution in [0.3, 0.4) is 0 Å². The van der Waals surface area contributed by atoms with Gasteiger partial charge < -0.3 is 0 Å². The lowest BCUT2D eigenvalue weighted by Gasteiger charge is -2.32. The van der Waals surface area contributed by atoms with Gasteiger partial charge in [-0.1, -0.05) is 58.7 Å². The molecule has 0 saturated carbocycles. The van der Waals surface area contributed by atoms with E-state index in [1.165, 1.54) is 15.9 Å². The van der Waals surface area contributed by atoms with E-state index >= 15 is 0 Å². The van der Waals surface area contributed by atoms with Crippen LogP contribution in [-0.2, 0) is 11.2 Å². The summed E-state index contributed by atoms with van der Waals surface area (Å²) in [5.74, 6) is 0. The highest BCUT2D eigenvalue weighted by Crippen LogP contribution is 2.60. The quantitative estimate of drug-likeness (QED) is 0.677. The molecule has 1 N–H and O–H groups in total. The second kappa shape index (κ2) is 7.29. The Morgan fingerprint density at radius 1 is 0.778 bits per heavy atom. The summed E-state index contributed by atoms with van der Waals surface area (Å²) in [5.41, 5.74) is -0.214. The van der Waals surface area contributed by atoms with Crippen LogP contribution < -0.4 is 20.6 Å². The first kappa shape index (κ1) is 18.5. The molecule has 1 fully saturated rings. The molecule has 0 bridgehead atoms. The summed E-state index contributed by atoms with van der Waals surface area (Å²) >= 11 is -1.27. The summed E-state index contributed by atoms with van der Waals surface area (Å²) in [7, 11) is -2.27. The van der Waals surface area contributed by atoms with Gasteiger partial charge in [0, 0.05) is 5.54 Å². The largest absolute Gasteiger partial charge is 0.222 e. The Bertz CT molecular complexity index is 836. The van der Waals surface area contributed by atoms with Gasteiger partial charge in [-0.15, -0.1) is 0 Å². The minimum atomic E-state index is -2.27. The zero-order valence-corrected chi connectivity index (χ0v) is 17.3. The molecule has 4 rings (SSSR count). The van der Waals surface area contributed by atoms with E-state index in [4.69, 9.17) is 0 Å². The van der Waals surface area contributed by atoms with Gasteiger partial charge in [0.2, 0.25) is 11.2 Å². The van der Waals surface area contributed by atoms with E-state index in [2.05, 4.69) is 95.4 Å². The highest BCUT2D eigenvalue weighted by atomic mass is 32.2. The lowest BCUT2D eigenvalue weighted by atomic mass is 10.1. The van der Waals surface area contributed by atoms with Gasteiger partial charge in [0.05, 0.1) is 6.54 Å². The second-order valence-corrected chi connectivity index (χ2v) is 12.1. The number of hydrogen-bond acceptors (Lipinski definition) is 1. The Morgan fingerprint density at radius 3 is 1.44 bits per heavy atom. The number of benzene rings is 3. The minimum absolute atomic E-state index is 0.214. The van der Waals surface area contributed by atoms with Crippen LogP contribution in [0.1, 0.15) is 13.8 Å². The van der Waals surface area contributed by atoms with E-state index in [9.17, 15) is 4.21 Å². The van der Waals surface area contributed by atoms with Crippen molar-refractivity contribution in [1.29, 1.82) is 0 Å². The van der Waals surface area contributed by atoms with Crippen LogP contribution in [0.15, 0.2) is 91.0 Å². The van der Waals surface area contributed by atoms with Gasteiger partial charge in [0.1, 0.15) is 15.9 Å². The summed E-state index contributed by atoms with van der Waals surface area (Å²) < 4.78 is 18.8. The van der Waals surface area contributed by atoms with E-state index in [1.807, 2.05) is 18.2 Å². The first-order valence-electron chi connectivity index (χ1n) is 9.08. The lowest BCUT2D eigenvalue weighted by Crippen LogP contribution is -2.43. The minimum Gasteiger partial charge on any atom is -0.222 e. The molecule has 3 aromatic rings. The standard InChI is InChI=1S/C22H24N2OPS/c1-22(2)18-24(27(25)23-22)26(19-12-6-3-7-13-19,20-14-8-4-9-15-20)21-16-10-5-11-17-21/h3-17,23H,18H2,1-2H3/q+1. The maximum absolute atomic E-state index is 13.3. The van der Waals surface area contributed by atoms with Gasteiger partial charge in [-0.3, -0.25) is 0 Å². The van der Waals surface area contributed by atoms with Gasteiger partial charge in [0.25, 0.3) is 0 Å². The zero-order valence-electron chi connectivity index (χ0n) is 15.6. The Kier molecular flexibility index (Phi) is 5.00. The number of rotatable bonds is 4. The van der Waals surface area contributed by atoms with Crippen molar-refractivity contribution in [1.82, 2.24) is 8.80 Å². The Labute approximate surface area is 164 Å². The number of nitrogens with one attached hydrogen (secondary N) is 1. The van der Waals surface area contributed by atoms with Crippen molar-refractivity contribution < 1.29 is 4.21 Å². The molecule has 5 heteroatoms. The van der Waals surface area contributed by atoms with Crippen molar-refractivity contribution in [2.45, 2.75) is 19.4 Å². The van der Waals surface area contributed by atoms with E-state index < -0.39 is 18.6 Å². The predicted molar refractivity (Wildman–Crippen MR) is 117 cm³/mol. The van der Waals surface area contributed by atoms with Crippen LogP contribution in [0, 0.1) is 0 Å². The predicted octanol–water partition coefficient (Wildman–Crippen LogP) is 3.16. The van der Waals surface area contributed by atoms with Crippen LogP contribution >= 0.6 is 7.41 Å². The average Bonchev–Trinajstić information content (AvgIpc) is 2.98. The molecule has 1 atom stereocenters. The molecule has 0 aliphatic carbocycles. The molecule has 1 saturated heterocycles. The molecule has 138 valence electrons. The van der Waals surface area contributed by atoms with Gasteiger partial charge in [-0.05, 0) is 50.2 Å². The van der Waals surface area contributed by atoms with Crippen LogP contribution in [0.2, 0.25) is 0 Å². The molecule has 0 aromatic heterocycles. The van der Waals surface area contributed by atoms with Crippen LogP contribution in [0.4, 0.5) is 0 Å². The molecule has 1 unspecified atom stereocenters. The molecule has 3 aromatic carbocycles. The molecule has 1 aliphatic rings. The molecule has 0 amide bonds. The second-order valence-electron chi connectivity index (χ2n) is 7.39. The van der Waals surface area contributed by atoms with Crippen LogP contribution in [-0.4, -0.2) is 20.4 Å². The maximum atomic E-state index is 13.3. The summed E-state index contributed by atoms with van der Waals surface area (Å²) in [6.45, 7) is 4.94. The first-order chi connectivity index (χ1) is 13.0. The third-order valence-corrected chi connectivity index (χ3v) is 11.2. The average molecular weight is 395 g/mol. The molecule has 1 heterocycles. The zero-order chi connectivity index (χ0) is 18.9. The third-order valence-electron chi connectivity index (χ3n) is 4.81. The SMILES string of the molecule is CC1(C)CN([P+](c2ccccc2)(c2ccccc2)c2ccccc2)S(=O)N1. The van der Waals surface area contributed by atoms with Gasteiger partial charge >= 0.3 is 0 Å². The smallest absolute Gasteiger partial charge is 0.204 e. The van der Waals surface area contributed by atoms with Crippen molar-refractivity contribution in [3.63, 3.8) is 0 Å². The molecule has 3 nitrogen and oxygen atoms in total. The van der Waals surface area contributed by atoms with E-state index in [0.29, 0.717) is 6.54 Å². The van der Waals surface area contributed by atoms with Gasteiger partial charge in [-0.25, -0.2) is 8.93 Å². The van der Waals surface area contributed by atoms with Crippen LogP contribution in [0.5, 0.6) is 0 Å². The van der Waals surface area contributed by atoms with Gasteiger partial charge in [0.15, 0.2) is 7.41 Å². The fourth-order valence-electron chi connectivity index (χ4n) is 3.70.